The van der Waals surface area contributed by atoms with E-state index in [9.17, 15) is 28.4 Å². The number of hydrogen-bond donors (Lipinski definition) is 2. The summed E-state index contributed by atoms with van der Waals surface area (Å²) in [4.78, 5) is 36.6. The smallest absolute Gasteiger partial charge is 0.280 e. The Morgan fingerprint density at radius 1 is 1.18 bits per heavy atom. The highest BCUT2D eigenvalue weighted by atomic mass is 35.5. The summed E-state index contributed by atoms with van der Waals surface area (Å²) in [6.45, 7) is 0. The Bertz CT molecular complexity index is 1380. The van der Waals surface area contributed by atoms with Crippen molar-refractivity contribution in [2.75, 3.05) is 19.5 Å². The van der Waals surface area contributed by atoms with Crippen molar-refractivity contribution in [3.05, 3.63) is 81.0 Å². The standard InChI is InChI=1S/C23H17ClF2N4O4/c1-28-22(32)15-6-5-14(8-18(15)25)29-23(33)21(26)30-11-19(34-2)17(9-20(30)31)16-7-13(24)4-3-12(16)10-27/h3-9,11,21H,1-2H3,(H,28,32)(H,29,33). The normalized spacial score (nSPS) is 11.3. The van der Waals surface area contributed by atoms with Gasteiger partial charge in [0.2, 0.25) is 0 Å². The van der Waals surface area contributed by atoms with Gasteiger partial charge in [0.15, 0.2) is 0 Å². The number of nitrogens with one attached hydrogen (secondary N) is 2. The number of anilines is 1. The molecule has 2 amide bonds. The maximum Gasteiger partial charge on any atom is 0.280 e. The number of ether oxygens (including phenoxy) is 1. The van der Waals surface area contributed by atoms with Crippen LogP contribution in [0, 0.1) is 17.1 Å². The van der Waals surface area contributed by atoms with E-state index in [1.54, 1.807) is 0 Å². The largest absolute Gasteiger partial charge is 0.495 e. The molecule has 0 fully saturated rings. The number of hydrogen-bond acceptors (Lipinski definition) is 5. The van der Waals surface area contributed by atoms with Crippen LogP contribution in [0.5, 0.6) is 5.75 Å². The molecule has 3 aromatic rings. The van der Waals surface area contributed by atoms with Crippen LogP contribution in [0.15, 0.2) is 53.5 Å². The summed E-state index contributed by atoms with van der Waals surface area (Å²) >= 11 is 6.01. The van der Waals surface area contributed by atoms with Crippen LogP contribution in [-0.2, 0) is 4.79 Å². The first-order chi connectivity index (χ1) is 16.2. The highest BCUT2D eigenvalue weighted by Crippen LogP contribution is 2.33. The van der Waals surface area contributed by atoms with E-state index >= 15 is 0 Å². The molecule has 1 heterocycles. The molecule has 0 aliphatic heterocycles. The number of alkyl halides is 1. The fraction of sp³-hybridized carbons (Fsp3) is 0.130. The number of nitriles is 1. The molecule has 3 rings (SSSR count). The van der Waals surface area contributed by atoms with Crippen LogP contribution in [0.2, 0.25) is 5.02 Å². The van der Waals surface area contributed by atoms with Crippen molar-refractivity contribution in [2.45, 2.75) is 6.30 Å². The van der Waals surface area contributed by atoms with Gasteiger partial charge in [-0.1, -0.05) is 11.6 Å². The van der Waals surface area contributed by atoms with E-state index in [1.807, 2.05) is 6.07 Å². The van der Waals surface area contributed by atoms with Crippen molar-refractivity contribution < 1.29 is 23.1 Å². The van der Waals surface area contributed by atoms with Gasteiger partial charge in [-0.25, -0.2) is 8.78 Å². The molecule has 8 nitrogen and oxygen atoms in total. The first-order valence-corrected chi connectivity index (χ1v) is 10.0. The Kier molecular flexibility index (Phi) is 7.28. The number of rotatable bonds is 6. The average Bonchev–Trinajstić information content (AvgIpc) is 2.83. The Hall–Kier alpha value is -4.23. The summed E-state index contributed by atoms with van der Waals surface area (Å²) < 4.78 is 34.8. The fourth-order valence-electron chi connectivity index (χ4n) is 3.16. The van der Waals surface area contributed by atoms with Gasteiger partial charge in [-0.3, -0.25) is 19.0 Å². The van der Waals surface area contributed by atoms with E-state index in [4.69, 9.17) is 16.3 Å². The molecule has 34 heavy (non-hydrogen) atoms. The van der Waals surface area contributed by atoms with Crippen molar-refractivity contribution >= 4 is 29.1 Å². The zero-order chi connectivity index (χ0) is 25.0. The van der Waals surface area contributed by atoms with E-state index in [0.717, 1.165) is 24.4 Å². The number of pyridine rings is 1. The number of methoxy groups -OCH3 is 1. The van der Waals surface area contributed by atoms with Gasteiger partial charge >= 0.3 is 0 Å². The predicted molar refractivity (Wildman–Crippen MR) is 121 cm³/mol. The molecule has 1 unspecified atom stereocenters. The first-order valence-electron chi connectivity index (χ1n) is 9.67. The number of amides is 2. The number of carbonyl (C=O) groups is 2. The van der Waals surface area contributed by atoms with Crippen LogP contribution < -0.4 is 20.9 Å². The third-order valence-electron chi connectivity index (χ3n) is 4.83. The van der Waals surface area contributed by atoms with E-state index < -0.39 is 29.5 Å². The second kappa shape index (κ2) is 10.1. The highest BCUT2D eigenvalue weighted by Gasteiger charge is 2.24. The molecule has 2 N–H and O–H groups in total. The van der Waals surface area contributed by atoms with Gasteiger partial charge < -0.3 is 15.4 Å². The van der Waals surface area contributed by atoms with Crippen molar-refractivity contribution in [3.8, 4) is 22.9 Å². The molecule has 2 aromatic carbocycles. The lowest BCUT2D eigenvalue weighted by Crippen LogP contribution is -2.30. The van der Waals surface area contributed by atoms with Crippen molar-refractivity contribution in [2.24, 2.45) is 0 Å². The number of nitrogens with zero attached hydrogens (tertiary/aromatic N) is 2. The average molecular weight is 487 g/mol. The molecule has 0 spiro atoms. The van der Waals surface area contributed by atoms with Crippen LogP contribution in [0.4, 0.5) is 14.5 Å². The second-order valence-corrected chi connectivity index (χ2v) is 7.34. The third-order valence-corrected chi connectivity index (χ3v) is 5.06. The number of aromatic nitrogens is 1. The summed E-state index contributed by atoms with van der Waals surface area (Å²) in [7, 11) is 2.60. The quantitative estimate of drug-likeness (QED) is 0.552. The van der Waals surface area contributed by atoms with Gasteiger partial charge in [-0.05, 0) is 36.4 Å². The van der Waals surface area contributed by atoms with Gasteiger partial charge in [0.25, 0.3) is 23.7 Å². The Morgan fingerprint density at radius 2 is 1.91 bits per heavy atom. The molecule has 0 saturated carbocycles. The number of carbonyl (C=O) groups excluding carboxylic acids is 2. The van der Waals surface area contributed by atoms with E-state index in [2.05, 4.69) is 10.6 Å². The van der Waals surface area contributed by atoms with Gasteiger partial charge in [0.05, 0.1) is 30.5 Å². The van der Waals surface area contributed by atoms with Crippen molar-refractivity contribution in [1.82, 2.24) is 9.88 Å². The molecule has 11 heteroatoms. The minimum absolute atomic E-state index is 0.00907. The molecular weight excluding hydrogens is 470 g/mol. The van der Waals surface area contributed by atoms with Crippen LogP contribution in [0.1, 0.15) is 22.2 Å². The zero-order valence-electron chi connectivity index (χ0n) is 17.9. The number of benzene rings is 2. The van der Waals surface area contributed by atoms with Crippen LogP contribution in [0.25, 0.3) is 11.1 Å². The van der Waals surface area contributed by atoms with E-state index in [0.29, 0.717) is 15.2 Å². The fourth-order valence-corrected chi connectivity index (χ4v) is 3.33. The lowest BCUT2D eigenvalue weighted by Gasteiger charge is -2.16. The predicted octanol–water partition coefficient (Wildman–Crippen LogP) is 3.65. The maximum atomic E-state index is 15.0. The highest BCUT2D eigenvalue weighted by molar-refractivity contribution is 6.31. The Morgan fingerprint density at radius 3 is 2.53 bits per heavy atom. The molecule has 0 aliphatic rings. The summed E-state index contributed by atoms with van der Waals surface area (Å²) in [6.07, 6.45) is -1.51. The van der Waals surface area contributed by atoms with Crippen LogP contribution >= 0.6 is 11.6 Å². The second-order valence-electron chi connectivity index (χ2n) is 6.90. The molecule has 1 aromatic heterocycles. The van der Waals surface area contributed by atoms with Crippen LogP contribution in [-0.4, -0.2) is 30.5 Å². The lowest BCUT2D eigenvalue weighted by atomic mass is 10.0. The SMILES string of the molecule is CNC(=O)c1ccc(NC(=O)C(F)n2cc(OC)c(-c3cc(Cl)ccc3C#N)cc2=O)cc1F. The lowest BCUT2D eigenvalue weighted by molar-refractivity contribution is -0.123. The molecule has 174 valence electrons. The molecule has 0 aliphatic carbocycles. The van der Waals surface area contributed by atoms with Gasteiger partial charge in [0.1, 0.15) is 11.6 Å². The van der Waals surface area contributed by atoms with Crippen LogP contribution in [0.3, 0.4) is 0 Å². The maximum absolute atomic E-state index is 15.0. The minimum atomic E-state index is -2.49. The van der Waals surface area contributed by atoms with Crippen molar-refractivity contribution in [3.63, 3.8) is 0 Å². The van der Waals surface area contributed by atoms with E-state index in [1.165, 1.54) is 38.4 Å². The summed E-state index contributed by atoms with van der Waals surface area (Å²) in [6, 6.07) is 10.6. The monoisotopic (exact) mass is 486 g/mol. The summed E-state index contributed by atoms with van der Waals surface area (Å²) in [5.74, 6) is -2.85. The summed E-state index contributed by atoms with van der Waals surface area (Å²) in [5.41, 5.74) is -0.594. The third kappa shape index (κ3) is 4.89. The number of halogens is 3. The zero-order valence-corrected chi connectivity index (χ0v) is 18.6. The molecule has 0 bridgehead atoms. The summed E-state index contributed by atoms with van der Waals surface area (Å²) in [5, 5.41) is 14.1. The molecule has 1 atom stereocenters. The van der Waals surface area contributed by atoms with Gasteiger partial charge in [-0.15, -0.1) is 0 Å². The Balaban J connectivity index is 1.93. The van der Waals surface area contributed by atoms with Gasteiger partial charge in [-0.2, -0.15) is 5.26 Å². The first kappa shape index (κ1) is 24.4. The molecule has 0 saturated heterocycles. The van der Waals surface area contributed by atoms with E-state index in [-0.39, 0.29) is 28.1 Å². The molecular formula is C23H17ClF2N4O4. The van der Waals surface area contributed by atoms with Gasteiger partial charge in [0, 0.05) is 35.0 Å². The minimum Gasteiger partial charge on any atom is -0.495 e. The molecule has 0 radical (unpaired) electrons. The topological polar surface area (TPSA) is 113 Å². The Labute approximate surface area is 197 Å². The van der Waals surface area contributed by atoms with Crippen molar-refractivity contribution in [1.29, 1.82) is 5.26 Å².